The molecule has 0 aliphatic carbocycles. The minimum absolute atomic E-state index is 0.0645. The minimum atomic E-state index is -0.427. The molecule has 1 amide bonds. The highest BCUT2D eigenvalue weighted by atomic mass is 32.1. The van der Waals surface area contributed by atoms with Crippen LogP contribution in [0.3, 0.4) is 0 Å². The molecule has 1 fully saturated rings. The van der Waals surface area contributed by atoms with E-state index < -0.39 is 5.60 Å². The molecule has 2 rings (SSSR count). The molecule has 2 heterocycles. The number of ether oxygens (including phenoxy) is 2. The molecular weight excluding hydrogens is 324 g/mol. The lowest BCUT2D eigenvalue weighted by Gasteiger charge is -2.34. The first-order valence-electron chi connectivity index (χ1n) is 8.84. The van der Waals surface area contributed by atoms with Crippen molar-refractivity contribution in [3.63, 3.8) is 0 Å². The van der Waals surface area contributed by atoms with Crippen molar-refractivity contribution in [2.45, 2.75) is 65.1 Å². The van der Waals surface area contributed by atoms with Crippen molar-refractivity contribution < 1.29 is 14.3 Å². The van der Waals surface area contributed by atoms with E-state index in [1.165, 1.54) is 6.42 Å². The monoisotopic (exact) mass is 354 g/mol. The molecular formula is C18H30N2O3S. The summed E-state index contributed by atoms with van der Waals surface area (Å²) >= 11 is 1.63. The third-order valence-corrected chi connectivity index (χ3v) is 5.03. The molecule has 0 aromatic carbocycles. The Morgan fingerprint density at radius 2 is 2.29 bits per heavy atom. The first kappa shape index (κ1) is 19.2. The summed E-state index contributed by atoms with van der Waals surface area (Å²) in [7, 11) is 0. The lowest BCUT2D eigenvalue weighted by Crippen LogP contribution is -2.42. The van der Waals surface area contributed by atoms with Gasteiger partial charge in [0.2, 0.25) is 0 Å². The molecule has 0 spiro atoms. The van der Waals surface area contributed by atoms with E-state index in [0.717, 1.165) is 44.0 Å². The van der Waals surface area contributed by atoms with E-state index in [9.17, 15) is 4.79 Å². The van der Waals surface area contributed by atoms with Crippen LogP contribution < -0.4 is 0 Å². The van der Waals surface area contributed by atoms with Gasteiger partial charge in [-0.25, -0.2) is 9.78 Å². The van der Waals surface area contributed by atoms with Crippen LogP contribution >= 0.6 is 11.3 Å². The summed E-state index contributed by atoms with van der Waals surface area (Å²) in [6.45, 7) is 10.1. The van der Waals surface area contributed by atoms with Gasteiger partial charge in [0, 0.05) is 31.3 Å². The predicted octanol–water partition coefficient (Wildman–Crippen LogP) is 4.65. The lowest BCUT2D eigenvalue weighted by atomic mass is 9.94. The molecule has 1 aromatic rings. The van der Waals surface area contributed by atoms with Crippen molar-refractivity contribution >= 4 is 17.4 Å². The van der Waals surface area contributed by atoms with Gasteiger partial charge in [-0.15, -0.1) is 11.3 Å². The Kier molecular flexibility index (Phi) is 7.04. The summed E-state index contributed by atoms with van der Waals surface area (Å²) in [5.41, 5.74) is -0.427. The number of hydrogen-bond donors (Lipinski definition) is 0. The van der Waals surface area contributed by atoms with Gasteiger partial charge in [0.25, 0.3) is 0 Å². The van der Waals surface area contributed by atoms with Gasteiger partial charge < -0.3 is 14.4 Å². The average molecular weight is 355 g/mol. The van der Waals surface area contributed by atoms with Crippen LogP contribution in [0.15, 0.2) is 11.6 Å². The van der Waals surface area contributed by atoms with E-state index in [1.807, 2.05) is 44.2 Å². The summed E-state index contributed by atoms with van der Waals surface area (Å²) < 4.78 is 11.3. The number of carbonyl (C=O) groups is 1. The molecule has 136 valence electrons. The number of rotatable bonds is 6. The molecule has 1 aliphatic heterocycles. The zero-order valence-electron chi connectivity index (χ0n) is 15.3. The fourth-order valence-corrected chi connectivity index (χ4v) is 3.57. The first-order chi connectivity index (χ1) is 11.3. The highest BCUT2D eigenvalue weighted by molar-refractivity contribution is 7.09. The molecule has 5 nitrogen and oxygen atoms in total. The van der Waals surface area contributed by atoms with Gasteiger partial charge in [-0.05, 0) is 59.3 Å². The maximum atomic E-state index is 12.2. The van der Waals surface area contributed by atoms with Crippen molar-refractivity contribution in [3.05, 3.63) is 16.6 Å². The SMILES string of the molecule is CC(OCCCC1CCCN(C(=O)OC(C)(C)C)C1)c1nccs1. The third-order valence-electron chi connectivity index (χ3n) is 4.09. The number of aromatic nitrogens is 1. The van der Waals surface area contributed by atoms with Crippen LogP contribution in [-0.2, 0) is 9.47 Å². The van der Waals surface area contributed by atoms with Gasteiger partial charge in [-0.1, -0.05) is 0 Å². The van der Waals surface area contributed by atoms with Crippen molar-refractivity contribution in [3.8, 4) is 0 Å². The Labute approximate surface area is 149 Å². The molecule has 2 unspecified atom stereocenters. The second kappa shape index (κ2) is 8.81. The van der Waals surface area contributed by atoms with Gasteiger partial charge in [0.15, 0.2) is 0 Å². The molecule has 1 aliphatic rings. The molecule has 0 bridgehead atoms. The zero-order valence-corrected chi connectivity index (χ0v) is 16.1. The summed E-state index contributed by atoms with van der Waals surface area (Å²) in [4.78, 5) is 18.3. The Morgan fingerprint density at radius 1 is 1.50 bits per heavy atom. The van der Waals surface area contributed by atoms with Crippen LogP contribution in [0, 0.1) is 5.92 Å². The van der Waals surface area contributed by atoms with Crippen LogP contribution in [0.1, 0.15) is 64.5 Å². The Hall–Kier alpha value is -1.14. The highest BCUT2D eigenvalue weighted by Gasteiger charge is 2.27. The van der Waals surface area contributed by atoms with Gasteiger partial charge in [-0.2, -0.15) is 0 Å². The van der Waals surface area contributed by atoms with E-state index in [-0.39, 0.29) is 12.2 Å². The van der Waals surface area contributed by atoms with Gasteiger partial charge >= 0.3 is 6.09 Å². The summed E-state index contributed by atoms with van der Waals surface area (Å²) in [5.74, 6) is 0.546. The van der Waals surface area contributed by atoms with E-state index >= 15 is 0 Å². The number of likely N-dealkylation sites (tertiary alicyclic amines) is 1. The fourth-order valence-electron chi connectivity index (χ4n) is 2.93. The maximum Gasteiger partial charge on any atom is 0.410 e. The molecule has 0 radical (unpaired) electrons. The zero-order chi connectivity index (χ0) is 17.6. The molecule has 1 aromatic heterocycles. The smallest absolute Gasteiger partial charge is 0.410 e. The van der Waals surface area contributed by atoms with Crippen LogP contribution in [0.2, 0.25) is 0 Å². The van der Waals surface area contributed by atoms with Crippen molar-refractivity contribution in [1.29, 1.82) is 0 Å². The standard InChI is InChI=1S/C18H30N2O3S/c1-14(16-19-9-12-24-16)22-11-6-8-15-7-5-10-20(13-15)17(21)23-18(2,3)4/h9,12,14-15H,5-8,10-11,13H2,1-4H3. The number of thiazole rings is 1. The number of amides is 1. The van der Waals surface area contributed by atoms with Gasteiger partial charge in [0.1, 0.15) is 16.7 Å². The molecule has 0 saturated carbocycles. The lowest BCUT2D eigenvalue weighted by molar-refractivity contribution is 0.0148. The molecule has 0 N–H and O–H groups in total. The topological polar surface area (TPSA) is 51.7 Å². The Morgan fingerprint density at radius 3 is 2.96 bits per heavy atom. The average Bonchev–Trinajstić information content (AvgIpc) is 3.04. The minimum Gasteiger partial charge on any atom is -0.444 e. The first-order valence-corrected chi connectivity index (χ1v) is 9.72. The quantitative estimate of drug-likeness (QED) is 0.698. The highest BCUT2D eigenvalue weighted by Crippen LogP contribution is 2.24. The second-order valence-corrected chi connectivity index (χ2v) is 8.39. The summed E-state index contributed by atoms with van der Waals surface area (Å²) in [5, 5.41) is 3.01. The molecule has 24 heavy (non-hydrogen) atoms. The number of carbonyl (C=O) groups excluding carboxylic acids is 1. The summed E-state index contributed by atoms with van der Waals surface area (Å²) in [6.07, 6.45) is 6.04. The van der Waals surface area contributed by atoms with Crippen LogP contribution in [0.25, 0.3) is 0 Å². The van der Waals surface area contributed by atoms with Crippen LogP contribution in [0.4, 0.5) is 4.79 Å². The van der Waals surface area contributed by atoms with Crippen molar-refractivity contribution in [2.75, 3.05) is 19.7 Å². The Bertz CT molecular complexity index is 499. The maximum absolute atomic E-state index is 12.2. The van der Waals surface area contributed by atoms with Crippen LogP contribution in [0.5, 0.6) is 0 Å². The number of hydrogen-bond acceptors (Lipinski definition) is 5. The second-order valence-electron chi connectivity index (χ2n) is 7.46. The molecule has 1 saturated heterocycles. The van der Waals surface area contributed by atoms with Crippen molar-refractivity contribution in [1.82, 2.24) is 9.88 Å². The van der Waals surface area contributed by atoms with E-state index in [2.05, 4.69) is 4.98 Å². The molecule has 6 heteroatoms. The third kappa shape index (κ3) is 6.40. The largest absolute Gasteiger partial charge is 0.444 e. The normalized spacial score (nSPS) is 20.0. The molecule has 2 atom stereocenters. The number of piperidine rings is 1. The van der Waals surface area contributed by atoms with Gasteiger partial charge in [-0.3, -0.25) is 0 Å². The fraction of sp³-hybridized carbons (Fsp3) is 0.778. The van der Waals surface area contributed by atoms with E-state index in [0.29, 0.717) is 5.92 Å². The van der Waals surface area contributed by atoms with E-state index in [1.54, 1.807) is 11.3 Å². The van der Waals surface area contributed by atoms with Crippen molar-refractivity contribution in [2.24, 2.45) is 5.92 Å². The van der Waals surface area contributed by atoms with Gasteiger partial charge in [0.05, 0.1) is 0 Å². The number of nitrogens with zero attached hydrogens (tertiary/aromatic N) is 2. The van der Waals surface area contributed by atoms with E-state index in [4.69, 9.17) is 9.47 Å². The predicted molar refractivity (Wildman–Crippen MR) is 96.2 cm³/mol. The summed E-state index contributed by atoms with van der Waals surface area (Å²) in [6, 6.07) is 0. The van der Waals surface area contributed by atoms with Crippen LogP contribution in [-0.4, -0.2) is 41.3 Å². The Balaban J connectivity index is 1.66.